The third-order valence-electron chi connectivity index (χ3n) is 4.78. The third-order valence-corrected chi connectivity index (χ3v) is 5.02. The van der Waals surface area contributed by atoms with Gasteiger partial charge in [0.2, 0.25) is 12.3 Å². The second kappa shape index (κ2) is 9.00. The van der Waals surface area contributed by atoms with Crippen molar-refractivity contribution in [2.45, 2.75) is 38.9 Å². The van der Waals surface area contributed by atoms with E-state index in [0.717, 1.165) is 0 Å². The van der Waals surface area contributed by atoms with Crippen molar-refractivity contribution in [1.82, 2.24) is 15.2 Å². The predicted molar refractivity (Wildman–Crippen MR) is 119 cm³/mol. The van der Waals surface area contributed by atoms with Crippen molar-refractivity contribution in [2.24, 2.45) is 0 Å². The van der Waals surface area contributed by atoms with E-state index in [1.165, 1.54) is 29.2 Å². The van der Waals surface area contributed by atoms with Gasteiger partial charge in [0.1, 0.15) is 17.6 Å². The molecule has 9 heteroatoms. The van der Waals surface area contributed by atoms with E-state index in [4.69, 9.17) is 11.6 Å². The van der Waals surface area contributed by atoms with Crippen LogP contribution < -0.4 is 5.32 Å². The van der Waals surface area contributed by atoms with Crippen molar-refractivity contribution in [2.75, 3.05) is 0 Å². The number of carboxylic acid groups (broad SMARTS) is 1. The number of benzene rings is 2. The smallest absolute Gasteiger partial charge is 0.352 e. The number of hydrogen-bond acceptors (Lipinski definition) is 3. The quantitative estimate of drug-likeness (QED) is 0.459. The Hall–Kier alpha value is -3.39. The molecule has 1 aromatic heterocycles. The lowest BCUT2D eigenvalue weighted by Crippen LogP contribution is -2.47. The van der Waals surface area contributed by atoms with Gasteiger partial charge in [0.25, 0.3) is 0 Å². The highest BCUT2D eigenvalue weighted by molar-refractivity contribution is 6.31. The zero-order valence-electron chi connectivity index (χ0n) is 17.8. The van der Waals surface area contributed by atoms with Gasteiger partial charge in [-0.2, -0.15) is 0 Å². The van der Waals surface area contributed by atoms with E-state index in [1.807, 2.05) is 0 Å². The molecule has 2 amide bonds. The molecule has 7 nitrogen and oxygen atoms in total. The van der Waals surface area contributed by atoms with Crippen molar-refractivity contribution in [1.29, 1.82) is 0 Å². The topological polar surface area (TPSA) is 102 Å². The van der Waals surface area contributed by atoms with Crippen LogP contribution in [-0.4, -0.2) is 38.8 Å². The number of aromatic nitrogens is 1. The number of fused-ring (bicyclic) bond motifs is 1. The van der Waals surface area contributed by atoms with Crippen molar-refractivity contribution in [3.63, 3.8) is 0 Å². The molecule has 0 saturated heterocycles. The van der Waals surface area contributed by atoms with Crippen LogP contribution in [0.25, 0.3) is 10.9 Å². The van der Waals surface area contributed by atoms with Crippen molar-refractivity contribution in [3.05, 3.63) is 70.1 Å². The van der Waals surface area contributed by atoms with Gasteiger partial charge in [-0.1, -0.05) is 29.8 Å². The van der Waals surface area contributed by atoms with Gasteiger partial charge in [0.15, 0.2) is 0 Å². The Bertz CT molecular complexity index is 1170. The van der Waals surface area contributed by atoms with E-state index >= 15 is 0 Å². The number of carboxylic acids is 1. The van der Waals surface area contributed by atoms with E-state index in [0.29, 0.717) is 27.9 Å². The number of aromatic carboxylic acids is 1. The molecule has 0 bridgehead atoms. The predicted octanol–water partition coefficient (Wildman–Crippen LogP) is 4.27. The molecular formula is C23H23ClFN3O4. The summed E-state index contributed by atoms with van der Waals surface area (Å²) in [6, 6.07) is 8.97. The molecule has 0 fully saturated rings. The SMILES string of the molecule is CC(C)(C)NC(=O)C(c1c(C(=O)O)[nH]c2cc(Cl)ccc12)N(C=O)Cc1ccc(F)cc1. The van der Waals surface area contributed by atoms with Crippen molar-refractivity contribution < 1.29 is 23.9 Å². The minimum atomic E-state index is -1.28. The normalized spacial score (nSPS) is 12.4. The van der Waals surface area contributed by atoms with E-state index in [-0.39, 0.29) is 17.8 Å². The third kappa shape index (κ3) is 5.08. The second-order valence-corrected chi connectivity index (χ2v) is 8.89. The van der Waals surface area contributed by atoms with Crippen molar-refractivity contribution in [3.8, 4) is 0 Å². The summed E-state index contributed by atoms with van der Waals surface area (Å²) in [6.45, 7) is 5.30. The first kappa shape index (κ1) is 23.3. The first-order valence-electron chi connectivity index (χ1n) is 9.82. The molecule has 168 valence electrons. The molecule has 0 aliphatic carbocycles. The number of rotatable bonds is 7. The number of H-pyrrole nitrogens is 1. The molecule has 0 radical (unpaired) electrons. The first-order valence-corrected chi connectivity index (χ1v) is 10.2. The fraction of sp³-hybridized carbons (Fsp3) is 0.261. The maximum absolute atomic E-state index is 13.4. The molecule has 3 rings (SSSR count). The summed E-state index contributed by atoms with van der Waals surface area (Å²) in [4.78, 5) is 41.6. The highest BCUT2D eigenvalue weighted by Gasteiger charge is 2.35. The lowest BCUT2D eigenvalue weighted by Gasteiger charge is -2.31. The largest absolute Gasteiger partial charge is 0.477 e. The van der Waals surface area contributed by atoms with Gasteiger partial charge in [-0.15, -0.1) is 0 Å². The van der Waals surface area contributed by atoms with Gasteiger partial charge in [0, 0.05) is 33.6 Å². The van der Waals surface area contributed by atoms with Crippen LogP contribution >= 0.6 is 11.6 Å². The van der Waals surface area contributed by atoms with E-state index < -0.39 is 29.3 Å². The summed E-state index contributed by atoms with van der Waals surface area (Å²) >= 11 is 6.06. The molecule has 32 heavy (non-hydrogen) atoms. The Morgan fingerprint density at radius 3 is 2.44 bits per heavy atom. The summed E-state index contributed by atoms with van der Waals surface area (Å²) in [6.07, 6.45) is 0.483. The lowest BCUT2D eigenvalue weighted by molar-refractivity contribution is -0.134. The molecule has 1 atom stereocenters. The van der Waals surface area contributed by atoms with Crippen LogP contribution in [0.2, 0.25) is 5.02 Å². The highest BCUT2D eigenvalue weighted by atomic mass is 35.5. The second-order valence-electron chi connectivity index (χ2n) is 8.45. The Balaban J connectivity index is 2.19. The van der Waals surface area contributed by atoms with Crippen LogP contribution in [0.1, 0.15) is 48.4 Å². The van der Waals surface area contributed by atoms with Gasteiger partial charge >= 0.3 is 5.97 Å². The number of carbonyl (C=O) groups is 3. The summed E-state index contributed by atoms with van der Waals surface area (Å²) < 4.78 is 13.3. The maximum atomic E-state index is 13.4. The average Bonchev–Trinajstić information content (AvgIpc) is 3.06. The van der Waals surface area contributed by atoms with Gasteiger partial charge in [0.05, 0.1) is 0 Å². The fourth-order valence-corrected chi connectivity index (χ4v) is 3.69. The number of halogens is 2. The minimum Gasteiger partial charge on any atom is -0.477 e. The Morgan fingerprint density at radius 1 is 1.22 bits per heavy atom. The minimum absolute atomic E-state index is 0.0364. The molecule has 3 N–H and O–H groups in total. The zero-order chi connectivity index (χ0) is 23.6. The van der Waals surface area contributed by atoms with Gasteiger partial charge in [-0.25, -0.2) is 9.18 Å². The number of carbonyl (C=O) groups excluding carboxylic acids is 2. The summed E-state index contributed by atoms with van der Waals surface area (Å²) in [7, 11) is 0. The lowest BCUT2D eigenvalue weighted by atomic mass is 9.98. The van der Waals surface area contributed by atoms with Crippen LogP contribution in [0.4, 0.5) is 4.39 Å². The molecule has 0 aliphatic rings. The van der Waals surface area contributed by atoms with E-state index in [9.17, 15) is 23.9 Å². The summed E-state index contributed by atoms with van der Waals surface area (Å²) in [5.74, 6) is -2.27. The number of hydrogen-bond donors (Lipinski definition) is 3. The van der Waals surface area contributed by atoms with Crippen LogP contribution in [-0.2, 0) is 16.1 Å². The van der Waals surface area contributed by atoms with Crippen LogP contribution in [0.3, 0.4) is 0 Å². The molecule has 1 heterocycles. The standard InChI is InChI=1S/C23H23ClFN3O4/c1-23(2,3)27-21(30)20(28(12-29)11-13-4-7-15(25)8-5-13)18-16-9-6-14(24)10-17(16)26-19(18)22(31)32/h4-10,12,20,26H,11H2,1-3H3,(H,27,30)(H,31,32). The number of nitrogens with zero attached hydrogens (tertiary/aromatic N) is 1. The first-order chi connectivity index (χ1) is 15.0. The van der Waals surface area contributed by atoms with E-state index in [2.05, 4.69) is 10.3 Å². The van der Waals surface area contributed by atoms with Crippen molar-refractivity contribution >= 4 is 40.8 Å². The fourth-order valence-electron chi connectivity index (χ4n) is 3.52. The molecular weight excluding hydrogens is 437 g/mol. The zero-order valence-corrected chi connectivity index (χ0v) is 18.5. The average molecular weight is 460 g/mol. The molecule has 3 aromatic rings. The van der Waals surface area contributed by atoms with Crippen LogP contribution in [0, 0.1) is 5.82 Å². The summed E-state index contributed by atoms with van der Waals surface area (Å²) in [5.41, 5.74) is 0.277. The van der Waals surface area contributed by atoms with Gasteiger partial charge < -0.3 is 20.3 Å². The van der Waals surface area contributed by atoms with Gasteiger partial charge in [-0.05, 0) is 50.6 Å². The summed E-state index contributed by atoms with van der Waals surface area (Å²) in [5, 5.41) is 13.5. The molecule has 2 aromatic carbocycles. The Morgan fingerprint density at radius 2 is 1.88 bits per heavy atom. The van der Waals surface area contributed by atoms with Crippen LogP contribution in [0.5, 0.6) is 0 Å². The Labute approximate surface area is 189 Å². The monoisotopic (exact) mass is 459 g/mol. The van der Waals surface area contributed by atoms with Crippen LogP contribution in [0.15, 0.2) is 42.5 Å². The molecule has 0 saturated carbocycles. The number of amides is 2. The number of nitrogens with one attached hydrogen (secondary N) is 2. The maximum Gasteiger partial charge on any atom is 0.352 e. The Kier molecular flexibility index (Phi) is 6.55. The number of aromatic amines is 1. The highest BCUT2D eigenvalue weighted by Crippen LogP contribution is 2.34. The molecule has 0 spiro atoms. The van der Waals surface area contributed by atoms with Gasteiger partial charge in [-0.3, -0.25) is 9.59 Å². The molecule has 0 aliphatic heterocycles. The molecule has 1 unspecified atom stereocenters. The van der Waals surface area contributed by atoms with E-state index in [1.54, 1.807) is 39.0 Å².